The van der Waals surface area contributed by atoms with Gasteiger partial charge in [0.05, 0.1) is 0 Å². The molecular formula is C16H15BrCl2. The van der Waals surface area contributed by atoms with E-state index in [4.69, 9.17) is 23.2 Å². The SMILES string of the molecule is ClCC(Cc1ccc(Br)cc1)Cc1cccc(Cl)c1. The molecule has 0 fully saturated rings. The summed E-state index contributed by atoms with van der Waals surface area (Å²) in [6, 6.07) is 16.4. The second-order valence-electron chi connectivity index (χ2n) is 4.68. The molecule has 0 aliphatic carbocycles. The van der Waals surface area contributed by atoms with Gasteiger partial charge in [0.25, 0.3) is 0 Å². The van der Waals surface area contributed by atoms with Crippen molar-refractivity contribution < 1.29 is 0 Å². The average Bonchev–Trinajstić information content (AvgIpc) is 2.40. The van der Waals surface area contributed by atoms with Crippen LogP contribution in [0.4, 0.5) is 0 Å². The second kappa shape index (κ2) is 7.33. The van der Waals surface area contributed by atoms with Crippen molar-refractivity contribution in [1.29, 1.82) is 0 Å². The van der Waals surface area contributed by atoms with Crippen molar-refractivity contribution in [2.75, 3.05) is 5.88 Å². The zero-order chi connectivity index (χ0) is 13.7. The Balaban J connectivity index is 2.02. The molecule has 0 bridgehead atoms. The van der Waals surface area contributed by atoms with Gasteiger partial charge in [0.2, 0.25) is 0 Å². The third-order valence-electron chi connectivity index (χ3n) is 3.07. The van der Waals surface area contributed by atoms with Crippen LogP contribution in [0.25, 0.3) is 0 Å². The molecule has 19 heavy (non-hydrogen) atoms. The Morgan fingerprint density at radius 1 is 0.947 bits per heavy atom. The van der Waals surface area contributed by atoms with Gasteiger partial charge in [-0.15, -0.1) is 11.6 Å². The van der Waals surface area contributed by atoms with Crippen molar-refractivity contribution in [1.82, 2.24) is 0 Å². The van der Waals surface area contributed by atoms with E-state index in [1.165, 1.54) is 11.1 Å². The first-order valence-electron chi connectivity index (χ1n) is 6.22. The highest BCUT2D eigenvalue weighted by atomic mass is 79.9. The normalized spacial score (nSPS) is 12.4. The van der Waals surface area contributed by atoms with Gasteiger partial charge in [0, 0.05) is 15.4 Å². The maximum absolute atomic E-state index is 6.10. The first-order valence-corrected chi connectivity index (χ1v) is 7.93. The predicted molar refractivity (Wildman–Crippen MR) is 87.2 cm³/mol. The van der Waals surface area contributed by atoms with Crippen LogP contribution in [0.3, 0.4) is 0 Å². The number of hydrogen-bond acceptors (Lipinski definition) is 0. The van der Waals surface area contributed by atoms with Crippen LogP contribution < -0.4 is 0 Å². The van der Waals surface area contributed by atoms with Gasteiger partial charge in [-0.3, -0.25) is 0 Å². The highest BCUT2D eigenvalue weighted by molar-refractivity contribution is 9.10. The minimum atomic E-state index is 0.432. The number of hydrogen-bond donors (Lipinski definition) is 0. The van der Waals surface area contributed by atoms with Gasteiger partial charge in [-0.05, 0) is 54.2 Å². The standard InChI is InChI=1S/C16H15BrCl2/c17-15-6-4-12(5-7-15)8-14(11-18)9-13-2-1-3-16(19)10-13/h1-7,10,14H,8-9,11H2. The average molecular weight is 358 g/mol. The summed E-state index contributed by atoms with van der Waals surface area (Å²) < 4.78 is 1.11. The molecule has 2 rings (SSSR count). The summed E-state index contributed by atoms with van der Waals surface area (Å²) in [6.07, 6.45) is 1.95. The maximum Gasteiger partial charge on any atom is 0.0408 e. The summed E-state index contributed by atoms with van der Waals surface area (Å²) in [5.74, 6) is 1.09. The van der Waals surface area contributed by atoms with E-state index in [1.54, 1.807) is 0 Å². The quantitative estimate of drug-likeness (QED) is 0.598. The van der Waals surface area contributed by atoms with E-state index in [0.29, 0.717) is 11.8 Å². The van der Waals surface area contributed by atoms with E-state index in [2.05, 4.69) is 46.3 Å². The van der Waals surface area contributed by atoms with Gasteiger partial charge in [0.15, 0.2) is 0 Å². The third-order valence-corrected chi connectivity index (χ3v) is 4.27. The van der Waals surface area contributed by atoms with Crippen LogP contribution in [-0.2, 0) is 12.8 Å². The number of rotatable bonds is 5. The largest absolute Gasteiger partial charge is 0.126 e. The van der Waals surface area contributed by atoms with Crippen LogP contribution in [0.5, 0.6) is 0 Å². The molecule has 0 heterocycles. The zero-order valence-electron chi connectivity index (χ0n) is 10.5. The summed E-state index contributed by atoms with van der Waals surface area (Å²) in [7, 11) is 0. The van der Waals surface area contributed by atoms with Crippen LogP contribution in [0.1, 0.15) is 11.1 Å². The van der Waals surface area contributed by atoms with E-state index in [1.807, 2.05) is 18.2 Å². The predicted octanol–water partition coefficient (Wildman–Crippen LogP) is 5.74. The van der Waals surface area contributed by atoms with Crippen LogP contribution in [-0.4, -0.2) is 5.88 Å². The highest BCUT2D eigenvalue weighted by Gasteiger charge is 2.10. The Labute approximate surface area is 132 Å². The fraction of sp³-hybridized carbons (Fsp3) is 0.250. The van der Waals surface area contributed by atoms with Crippen molar-refractivity contribution in [3.05, 3.63) is 69.2 Å². The molecule has 0 radical (unpaired) electrons. The first-order chi connectivity index (χ1) is 9.17. The topological polar surface area (TPSA) is 0 Å². The summed E-state index contributed by atoms with van der Waals surface area (Å²) in [5, 5.41) is 0.787. The van der Waals surface area contributed by atoms with Gasteiger partial charge >= 0.3 is 0 Å². The minimum Gasteiger partial charge on any atom is -0.126 e. The van der Waals surface area contributed by atoms with Crippen molar-refractivity contribution in [2.24, 2.45) is 5.92 Å². The zero-order valence-corrected chi connectivity index (χ0v) is 13.5. The molecule has 1 atom stereocenters. The van der Waals surface area contributed by atoms with E-state index in [9.17, 15) is 0 Å². The fourth-order valence-corrected chi connectivity index (χ4v) is 2.83. The molecule has 0 saturated heterocycles. The summed E-state index contributed by atoms with van der Waals surface area (Å²) >= 11 is 15.6. The molecule has 0 aliphatic rings. The van der Waals surface area contributed by atoms with Gasteiger partial charge in [-0.25, -0.2) is 0 Å². The Hall–Kier alpha value is -0.500. The van der Waals surface area contributed by atoms with E-state index in [0.717, 1.165) is 22.3 Å². The van der Waals surface area contributed by atoms with E-state index < -0.39 is 0 Å². The monoisotopic (exact) mass is 356 g/mol. The van der Waals surface area contributed by atoms with Crippen molar-refractivity contribution >= 4 is 39.1 Å². The molecule has 0 saturated carbocycles. The van der Waals surface area contributed by atoms with Crippen LogP contribution in [0, 0.1) is 5.92 Å². The number of benzene rings is 2. The van der Waals surface area contributed by atoms with Gasteiger partial charge in [0.1, 0.15) is 0 Å². The maximum atomic E-state index is 6.10. The van der Waals surface area contributed by atoms with Crippen LogP contribution in [0.15, 0.2) is 53.0 Å². The Morgan fingerprint density at radius 3 is 2.26 bits per heavy atom. The summed E-state index contributed by atoms with van der Waals surface area (Å²) in [4.78, 5) is 0. The smallest absolute Gasteiger partial charge is 0.0408 e. The summed E-state index contributed by atoms with van der Waals surface area (Å²) in [6.45, 7) is 0. The first kappa shape index (κ1) is 14.9. The van der Waals surface area contributed by atoms with Crippen molar-refractivity contribution in [3.8, 4) is 0 Å². The van der Waals surface area contributed by atoms with Crippen LogP contribution in [0.2, 0.25) is 5.02 Å². The molecule has 0 aliphatic heterocycles. The highest BCUT2D eigenvalue weighted by Crippen LogP contribution is 2.20. The van der Waals surface area contributed by atoms with E-state index in [-0.39, 0.29) is 0 Å². The van der Waals surface area contributed by atoms with Crippen molar-refractivity contribution in [3.63, 3.8) is 0 Å². The molecule has 100 valence electrons. The Bertz CT molecular complexity index is 523. The lowest BCUT2D eigenvalue weighted by Gasteiger charge is -2.14. The molecule has 0 amide bonds. The molecule has 1 unspecified atom stereocenters. The third kappa shape index (κ3) is 4.83. The number of alkyl halides is 1. The molecule has 0 spiro atoms. The molecule has 2 aromatic rings. The number of halogens is 3. The Kier molecular flexibility index (Phi) is 5.75. The Morgan fingerprint density at radius 2 is 1.63 bits per heavy atom. The lowest BCUT2D eigenvalue weighted by molar-refractivity contribution is 0.584. The lowest BCUT2D eigenvalue weighted by atomic mass is 9.94. The van der Waals surface area contributed by atoms with Gasteiger partial charge in [-0.2, -0.15) is 0 Å². The molecule has 0 aromatic heterocycles. The summed E-state index contributed by atoms with van der Waals surface area (Å²) in [5.41, 5.74) is 2.56. The minimum absolute atomic E-state index is 0.432. The molecule has 0 nitrogen and oxygen atoms in total. The van der Waals surface area contributed by atoms with E-state index >= 15 is 0 Å². The molecular weight excluding hydrogens is 343 g/mol. The van der Waals surface area contributed by atoms with Gasteiger partial charge < -0.3 is 0 Å². The molecule has 3 heteroatoms. The molecule has 0 N–H and O–H groups in total. The lowest BCUT2D eigenvalue weighted by Crippen LogP contribution is -2.10. The van der Waals surface area contributed by atoms with Crippen LogP contribution >= 0.6 is 39.1 Å². The van der Waals surface area contributed by atoms with Gasteiger partial charge in [-0.1, -0.05) is 51.8 Å². The van der Waals surface area contributed by atoms with Crippen molar-refractivity contribution in [2.45, 2.75) is 12.8 Å². The second-order valence-corrected chi connectivity index (χ2v) is 6.35. The molecule has 2 aromatic carbocycles. The fourth-order valence-electron chi connectivity index (χ4n) is 2.13.